The average molecular weight is 1080 g/mol. The number of carbonyl (C=O) groups excluding carboxylic acids is 3. The maximum atomic E-state index is 15.0. The summed E-state index contributed by atoms with van der Waals surface area (Å²) >= 11 is 0. The largest absolute Gasteiger partial charge is 0.507 e. The molecular formula is C61H82N6O11. The summed E-state index contributed by atoms with van der Waals surface area (Å²) in [7, 11) is 1.51. The minimum atomic E-state index is -1.98. The summed E-state index contributed by atoms with van der Waals surface area (Å²) in [6, 6.07) is 11.0. The first-order valence-corrected chi connectivity index (χ1v) is 28.2. The minimum Gasteiger partial charge on any atom is -0.507 e. The smallest absolute Gasteiger partial charge is 0.320 e. The van der Waals surface area contributed by atoms with E-state index in [4.69, 9.17) is 28.9 Å². The molecule has 1 amide bonds. The molecule has 0 radical (unpaired) electrons. The number of nitrogens with zero attached hydrogens (tertiary/aromatic N) is 5. The third-order valence-electron chi connectivity index (χ3n) is 17.7. The number of allylic oxidation sites excluding steroid dienone is 2. The van der Waals surface area contributed by atoms with Gasteiger partial charge in [-0.05, 0) is 63.1 Å². The summed E-state index contributed by atoms with van der Waals surface area (Å²) in [5, 5.41) is 51.6. The number of methoxy groups -OCH3 is 1. The van der Waals surface area contributed by atoms with E-state index in [1.54, 1.807) is 52.0 Å². The topological polar surface area (TPSA) is 216 Å². The third-order valence-corrected chi connectivity index (χ3v) is 17.7. The monoisotopic (exact) mass is 1070 g/mol. The highest BCUT2D eigenvalue weighted by atomic mass is 16.7. The Morgan fingerprint density at radius 3 is 2.31 bits per heavy atom. The van der Waals surface area contributed by atoms with Crippen molar-refractivity contribution in [1.29, 1.82) is 0 Å². The lowest BCUT2D eigenvalue weighted by molar-refractivity contribution is -0.165. The van der Waals surface area contributed by atoms with E-state index in [9.17, 15) is 30.0 Å². The van der Waals surface area contributed by atoms with Crippen molar-refractivity contribution < 1.29 is 53.8 Å². The quantitative estimate of drug-likeness (QED) is 0.117. The Kier molecular flexibility index (Phi) is 16.9. The molecular weight excluding hydrogens is 993 g/mol. The molecule has 0 aromatic heterocycles. The van der Waals surface area contributed by atoms with Crippen LogP contribution in [0.5, 0.6) is 17.2 Å². The van der Waals surface area contributed by atoms with E-state index in [2.05, 4.69) is 58.1 Å². The predicted octanol–water partition coefficient (Wildman–Crippen LogP) is 6.72. The number of benzene rings is 3. The van der Waals surface area contributed by atoms with Crippen molar-refractivity contribution in [2.75, 3.05) is 58.2 Å². The van der Waals surface area contributed by atoms with Crippen LogP contribution in [0.25, 0.3) is 10.8 Å². The van der Waals surface area contributed by atoms with Gasteiger partial charge >= 0.3 is 11.8 Å². The number of carbonyl (C=O) groups is 3. The zero-order chi connectivity index (χ0) is 56.0. The highest BCUT2D eigenvalue weighted by Crippen LogP contribution is 2.50. The Morgan fingerprint density at radius 1 is 0.885 bits per heavy atom. The molecule has 2 unspecified atom stereocenters. The Balaban J connectivity index is 1.04. The zero-order valence-corrected chi connectivity index (χ0v) is 47.2. The van der Waals surface area contributed by atoms with Gasteiger partial charge in [-0.2, -0.15) is 0 Å². The number of hydrogen-bond donors (Lipinski definition) is 5. The molecule has 11 atom stereocenters. The number of nitrogens with one attached hydrogen (secondary N) is 1. The molecule has 17 nitrogen and oxygen atoms in total. The van der Waals surface area contributed by atoms with Crippen LogP contribution >= 0.6 is 0 Å². The number of ketones is 1. The maximum Gasteiger partial charge on any atom is 0.320 e. The van der Waals surface area contributed by atoms with Crippen LogP contribution in [0.15, 0.2) is 76.5 Å². The second kappa shape index (κ2) is 23.2. The number of aliphatic hydroxyl groups is 2. The first-order chi connectivity index (χ1) is 37.1. The number of aromatic hydroxyl groups is 2. The molecule has 7 aliphatic heterocycles. The lowest BCUT2D eigenvalue weighted by Gasteiger charge is -2.47. The van der Waals surface area contributed by atoms with E-state index in [0.29, 0.717) is 43.8 Å². The summed E-state index contributed by atoms with van der Waals surface area (Å²) in [5.41, 5.74) is 0.723. The average Bonchev–Trinajstić information content (AvgIpc) is 3.96. The van der Waals surface area contributed by atoms with Crippen LogP contribution in [0.4, 0.5) is 5.69 Å². The number of aliphatic hydroxyl groups excluding tert-OH is 2. The van der Waals surface area contributed by atoms with Crippen LogP contribution < -0.4 is 20.8 Å². The van der Waals surface area contributed by atoms with Crippen LogP contribution in [0.2, 0.25) is 0 Å². The van der Waals surface area contributed by atoms with Crippen molar-refractivity contribution in [1.82, 2.24) is 14.7 Å². The second-order valence-corrected chi connectivity index (χ2v) is 23.8. The van der Waals surface area contributed by atoms with Crippen LogP contribution in [0, 0.1) is 42.4 Å². The van der Waals surface area contributed by atoms with Gasteiger partial charge in [-0.15, -0.1) is 0 Å². The van der Waals surface area contributed by atoms with E-state index in [1.165, 1.54) is 25.9 Å². The number of rotatable bonds is 8. The van der Waals surface area contributed by atoms with Crippen LogP contribution in [-0.4, -0.2) is 148 Å². The molecule has 17 heteroatoms. The number of piperidine rings is 3. The lowest BCUT2D eigenvalue weighted by atomic mass is 9.78. The molecule has 3 fully saturated rings. The molecule has 5 bridgehead atoms. The molecule has 3 saturated heterocycles. The molecule has 0 aliphatic carbocycles. The van der Waals surface area contributed by atoms with E-state index in [1.807, 2.05) is 19.9 Å². The van der Waals surface area contributed by atoms with Gasteiger partial charge in [0.1, 0.15) is 28.6 Å². The number of Topliss-reactive ketones (excluding diaryl/α,β-unsaturated/α-hetero) is 1. The molecule has 0 saturated carbocycles. The third kappa shape index (κ3) is 11.2. The van der Waals surface area contributed by atoms with Crippen LogP contribution in [0.3, 0.4) is 0 Å². The molecule has 3 aromatic carbocycles. The number of esters is 1. The van der Waals surface area contributed by atoms with Crippen molar-refractivity contribution in [3.8, 4) is 17.2 Å². The first-order valence-electron chi connectivity index (χ1n) is 28.2. The predicted molar refractivity (Wildman–Crippen MR) is 296 cm³/mol. The molecule has 1 spiro atoms. The molecule has 7 aliphatic rings. The van der Waals surface area contributed by atoms with E-state index >= 15 is 4.79 Å². The lowest BCUT2D eigenvalue weighted by Crippen LogP contribution is -2.54. The fraction of sp³-hybridized carbons (Fsp3) is 0.590. The van der Waals surface area contributed by atoms with Crippen molar-refractivity contribution in [2.45, 2.75) is 143 Å². The highest BCUT2D eigenvalue weighted by Gasteiger charge is 2.50. The SMILES string of the molecule is CO[C@H]1/C=C/O[C@@]2(C)Oc3c(C)c(O)c4c(O)c(c5c(c4c3C2=O)=NC2(CCN(CC(C)C)CC2)N=5)NC(=O)/C(C)=C\C=C\[C@H](C)[C@H](O)[C@@H](C)[C@@H](O)[C@@H](C)[C@H](OC(=O)CN2CCC3C(CCCN3Cc3ccccc3)C2)[C@@H]1C. The maximum absolute atomic E-state index is 15.0. The van der Waals surface area contributed by atoms with E-state index < -0.39 is 82.9 Å². The van der Waals surface area contributed by atoms with Crippen LogP contribution in [-0.2, 0) is 30.3 Å². The number of phenols is 2. The number of ether oxygens (including phenoxy) is 4. The Bertz CT molecular complexity index is 2970. The summed E-state index contributed by atoms with van der Waals surface area (Å²) in [6.45, 7) is 22.1. The fourth-order valence-corrected chi connectivity index (χ4v) is 13.1. The number of hydrogen-bond acceptors (Lipinski definition) is 16. The van der Waals surface area contributed by atoms with Crippen molar-refractivity contribution in [3.63, 3.8) is 0 Å². The number of phenolic OH excluding ortho intramolecular Hbond substituents is 2. The first kappa shape index (κ1) is 57.0. The number of amides is 1. The number of fused-ring (bicyclic) bond motifs is 14. The van der Waals surface area contributed by atoms with Gasteiger partial charge in [-0.1, -0.05) is 90.1 Å². The molecule has 422 valence electrons. The standard InChI is InChI=1S/C61H82N6O11/c1-34(2)30-65-27-23-61(24-28-65)63-49-46-47-54(71)40(8)57-48(46)58(73)60(9,78-57)76-29-22-44(75-10)37(5)56(77-45(68)33-66-26-21-43-42(32-66)20-15-25-67(43)31-41-18-12-11-13-19-41)39(7)53(70)38(6)52(69)35(3)16-14-17-36(4)59(74)62-51(55(47)72)50(49)64-61/h11-14,16-19,22,29,34-35,37-39,42-44,52-53,56,69-72H,15,20-21,23-28,30-33H2,1-10H3,(H,62,74)/b16-14+,29-22+,36-17-/t35-,37+,38+,39+,42?,43?,44-,52-,53+,56+,60-/m0/s1. The fourth-order valence-electron chi connectivity index (χ4n) is 13.1. The van der Waals surface area contributed by atoms with Gasteiger partial charge in [-0.25, -0.2) is 0 Å². The zero-order valence-electron chi connectivity index (χ0n) is 47.2. The molecule has 5 N–H and O–H groups in total. The van der Waals surface area contributed by atoms with Gasteiger partial charge in [0.05, 0.1) is 47.4 Å². The Labute approximate surface area is 458 Å². The van der Waals surface area contributed by atoms with Gasteiger partial charge in [-0.3, -0.25) is 34.2 Å². The molecule has 78 heavy (non-hydrogen) atoms. The van der Waals surface area contributed by atoms with Crippen molar-refractivity contribution in [3.05, 3.63) is 93.9 Å². The van der Waals surface area contributed by atoms with E-state index in [0.717, 1.165) is 52.0 Å². The summed E-state index contributed by atoms with van der Waals surface area (Å²) < 4.78 is 25.2. The Morgan fingerprint density at radius 2 is 1.60 bits per heavy atom. The minimum absolute atomic E-state index is 0.0404. The summed E-state index contributed by atoms with van der Waals surface area (Å²) in [6.07, 6.45) is 8.18. The molecule has 10 rings (SSSR count). The second-order valence-electron chi connectivity index (χ2n) is 23.8. The van der Waals surface area contributed by atoms with Crippen molar-refractivity contribution >= 4 is 34.1 Å². The van der Waals surface area contributed by atoms with E-state index in [-0.39, 0.29) is 61.9 Å². The van der Waals surface area contributed by atoms with Gasteiger partial charge < -0.3 is 49.6 Å². The van der Waals surface area contributed by atoms with Gasteiger partial charge in [0.25, 0.3) is 11.7 Å². The van der Waals surface area contributed by atoms with Gasteiger partial charge in [0, 0.05) is 112 Å². The van der Waals surface area contributed by atoms with Gasteiger partial charge in [0.2, 0.25) is 0 Å². The van der Waals surface area contributed by atoms with Crippen molar-refractivity contribution in [2.24, 2.45) is 45.5 Å². The number of likely N-dealkylation sites (tertiary alicyclic amines) is 3. The Hall–Kier alpha value is -5.69. The molecule has 3 aromatic rings. The molecule has 7 heterocycles. The van der Waals surface area contributed by atoms with Gasteiger partial charge in [0.15, 0.2) is 11.4 Å². The number of anilines is 1. The van der Waals surface area contributed by atoms with Crippen LogP contribution in [0.1, 0.15) is 109 Å². The highest BCUT2D eigenvalue weighted by molar-refractivity contribution is 6.19. The summed E-state index contributed by atoms with van der Waals surface area (Å²) in [5.74, 6) is -6.05. The normalized spacial score (nSPS) is 32.6. The summed E-state index contributed by atoms with van der Waals surface area (Å²) in [4.78, 5) is 61.0.